The van der Waals surface area contributed by atoms with Crippen LogP contribution in [-0.4, -0.2) is 29.1 Å². The van der Waals surface area contributed by atoms with Gasteiger partial charge in [-0.1, -0.05) is 0 Å². The van der Waals surface area contributed by atoms with Gasteiger partial charge in [0.15, 0.2) is 12.1 Å². The zero-order chi connectivity index (χ0) is 16.8. The Morgan fingerprint density at radius 2 is 2.13 bits per heavy atom. The molecule has 1 aliphatic carbocycles. The number of nitrogens with one attached hydrogen (secondary N) is 1. The lowest BCUT2D eigenvalue weighted by atomic mass is 10.2. The second kappa shape index (κ2) is 5.48. The van der Waals surface area contributed by atoms with Gasteiger partial charge in [0.2, 0.25) is 0 Å². The third kappa shape index (κ3) is 2.76. The van der Waals surface area contributed by atoms with Crippen molar-refractivity contribution in [2.75, 3.05) is 0 Å². The molecule has 23 heavy (non-hydrogen) atoms. The zero-order valence-corrected chi connectivity index (χ0v) is 14.0. The molecule has 3 rings (SSSR count). The molecule has 0 unspecified atom stereocenters. The summed E-state index contributed by atoms with van der Waals surface area (Å²) in [6.07, 6.45) is 3.01. The number of rotatable bonds is 5. The molecule has 0 aliphatic heterocycles. The third-order valence-corrected chi connectivity index (χ3v) is 5.45. The van der Waals surface area contributed by atoms with Crippen LogP contribution in [0.25, 0.3) is 0 Å². The van der Waals surface area contributed by atoms with Gasteiger partial charge in [-0.15, -0.1) is 0 Å². The van der Waals surface area contributed by atoms with Crippen molar-refractivity contribution in [1.82, 2.24) is 19.5 Å². The maximum atomic E-state index is 12.6. The molecule has 0 saturated heterocycles. The van der Waals surface area contributed by atoms with E-state index < -0.39 is 15.9 Å². The average molecular weight is 338 g/mol. The number of aromatic nitrogens is 3. The van der Waals surface area contributed by atoms with Gasteiger partial charge in [0.1, 0.15) is 10.7 Å². The Morgan fingerprint density at radius 1 is 1.43 bits per heavy atom. The van der Waals surface area contributed by atoms with Gasteiger partial charge < -0.3 is 4.42 Å². The first-order valence-corrected chi connectivity index (χ1v) is 8.88. The summed E-state index contributed by atoms with van der Waals surface area (Å²) in [6.45, 7) is 5.68. The molecule has 1 fully saturated rings. The third-order valence-electron chi connectivity index (χ3n) is 3.87. The predicted octanol–water partition coefficient (Wildman–Crippen LogP) is 1.50. The van der Waals surface area contributed by atoms with Gasteiger partial charge in [-0.05, 0) is 33.6 Å². The van der Waals surface area contributed by atoms with Gasteiger partial charge in [-0.3, -0.25) is 9.48 Å². The number of sulfonamides is 1. The maximum absolute atomic E-state index is 12.6. The SMILES string of the molecule is CCn1nc(C)c(S(=O)(=O)NC(=O)c2ncoc2C2CC2)c1C. The van der Waals surface area contributed by atoms with Crippen molar-refractivity contribution in [3.63, 3.8) is 0 Å². The van der Waals surface area contributed by atoms with Crippen LogP contribution >= 0.6 is 0 Å². The van der Waals surface area contributed by atoms with E-state index in [2.05, 4.69) is 14.8 Å². The monoisotopic (exact) mass is 338 g/mol. The predicted molar refractivity (Wildman–Crippen MR) is 80.5 cm³/mol. The Hall–Kier alpha value is -2.16. The van der Waals surface area contributed by atoms with Crippen molar-refractivity contribution in [3.8, 4) is 0 Å². The number of aryl methyl sites for hydroxylation is 2. The minimum Gasteiger partial charge on any atom is -0.447 e. The smallest absolute Gasteiger partial charge is 0.287 e. The van der Waals surface area contributed by atoms with Crippen LogP contribution in [0, 0.1) is 13.8 Å². The molecular formula is C14H18N4O4S. The molecular weight excluding hydrogens is 320 g/mol. The molecule has 1 aliphatic rings. The summed E-state index contributed by atoms with van der Waals surface area (Å²) in [6, 6.07) is 0. The van der Waals surface area contributed by atoms with Crippen molar-refractivity contribution in [3.05, 3.63) is 29.2 Å². The van der Waals surface area contributed by atoms with E-state index >= 15 is 0 Å². The van der Waals surface area contributed by atoms with Crippen molar-refractivity contribution in [2.45, 2.75) is 51.0 Å². The lowest BCUT2D eigenvalue weighted by Crippen LogP contribution is -2.32. The molecule has 0 spiro atoms. The van der Waals surface area contributed by atoms with Gasteiger partial charge in [0.05, 0.1) is 11.4 Å². The molecule has 8 nitrogen and oxygen atoms in total. The number of carbonyl (C=O) groups is 1. The summed E-state index contributed by atoms with van der Waals surface area (Å²) in [4.78, 5) is 16.2. The fraction of sp³-hybridized carbons (Fsp3) is 0.500. The van der Waals surface area contributed by atoms with Crippen LogP contribution < -0.4 is 4.72 Å². The van der Waals surface area contributed by atoms with E-state index in [0.29, 0.717) is 23.7 Å². The van der Waals surface area contributed by atoms with Crippen molar-refractivity contribution >= 4 is 15.9 Å². The molecule has 0 radical (unpaired) electrons. The normalized spacial score (nSPS) is 14.9. The highest BCUT2D eigenvalue weighted by atomic mass is 32.2. The van der Waals surface area contributed by atoms with Crippen LogP contribution in [0.15, 0.2) is 15.7 Å². The first-order valence-electron chi connectivity index (χ1n) is 7.39. The van der Waals surface area contributed by atoms with E-state index in [0.717, 1.165) is 12.8 Å². The van der Waals surface area contributed by atoms with E-state index in [9.17, 15) is 13.2 Å². The van der Waals surface area contributed by atoms with Crippen molar-refractivity contribution < 1.29 is 17.6 Å². The van der Waals surface area contributed by atoms with Crippen LogP contribution in [0.3, 0.4) is 0 Å². The second-order valence-electron chi connectivity index (χ2n) is 5.59. The zero-order valence-electron chi connectivity index (χ0n) is 13.2. The fourth-order valence-electron chi connectivity index (χ4n) is 2.66. The second-order valence-corrected chi connectivity index (χ2v) is 7.21. The molecule has 9 heteroatoms. The lowest BCUT2D eigenvalue weighted by Gasteiger charge is -2.07. The van der Waals surface area contributed by atoms with Crippen LogP contribution in [0.1, 0.15) is 53.3 Å². The molecule has 2 heterocycles. The number of hydrogen-bond acceptors (Lipinski definition) is 6. The molecule has 0 bridgehead atoms. The standard InChI is InChI=1S/C14H18N4O4S/c1-4-18-9(3)13(8(2)16-18)23(20,21)17-14(19)11-12(10-5-6-10)22-7-15-11/h7,10H,4-6H2,1-3H3,(H,17,19). The first-order chi connectivity index (χ1) is 10.8. The molecule has 2 aromatic rings. The summed E-state index contributed by atoms with van der Waals surface area (Å²) in [5.41, 5.74) is 0.884. The number of hydrogen-bond donors (Lipinski definition) is 1. The van der Waals surface area contributed by atoms with E-state index in [1.54, 1.807) is 18.5 Å². The van der Waals surface area contributed by atoms with Gasteiger partial charge in [0, 0.05) is 12.5 Å². The largest absolute Gasteiger partial charge is 0.447 e. The van der Waals surface area contributed by atoms with Gasteiger partial charge in [0.25, 0.3) is 15.9 Å². The Morgan fingerprint density at radius 3 is 2.70 bits per heavy atom. The van der Waals surface area contributed by atoms with Crippen LogP contribution in [0.2, 0.25) is 0 Å². The van der Waals surface area contributed by atoms with Crippen molar-refractivity contribution in [1.29, 1.82) is 0 Å². The highest BCUT2D eigenvalue weighted by molar-refractivity contribution is 7.90. The van der Waals surface area contributed by atoms with Gasteiger partial charge >= 0.3 is 0 Å². The molecule has 0 aromatic carbocycles. The van der Waals surface area contributed by atoms with Crippen LogP contribution in [-0.2, 0) is 16.6 Å². The molecule has 0 atom stereocenters. The molecule has 2 aromatic heterocycles. The molecule has 1 saturated carbocycles. The minimum absolute atomic E-state index is 0.0316. The Kier molecular flexibility index (Phi) is 3.75. The Labute approximate surface area is 133 Å². The summed E-state index contributed by atoms with van der Waals surface area (Å²) in [5, 5.41) is 4.17. The van der Waals surface area contributed by atoms with E-state index in [1.165, 1.54) is 6.39 Å². The number of amides is 1. The summed E-state index contributed by atoms with van der Waals surface area (Å²) < 4.78 is 34.0. The summed E-state index contributed by atoms with van der Waals surface area (Å²) >= 11 is 0. The van der Waals surface area contributed by atoms with E-state index in [4.69, 9.17) is 4.42 Å². The molecule has 124 valence electrons. The van der Waals surface area contributed by atoms with Crippen molar-refractivity contribution in [2.24, 2.45) is 0 Å². The highest BCUT2D eigenvalue weighted by Gasteiger charge is 2.34. The first kappa shape index (κ1) is 15.7. The quantitative estimate of drug-likeness (QED) is 0.885. The fourth-order valence-corrected chi connectivity index (χ4v) is 4.03. The summed E-state index contributed by atoms with van der Waals surface area (Å²) in [7, 11) is -4.02. The maximum Gasteiger partial charge on any atom is 0.287 e. The topological polar surface area (TPSA) is 107 Å². The minimum atomic E-state index is -4.02. The molecule has 1 N–H and O–H groups in total. The highest BCUT2D eigenvalue weighted by Crippen LogP contribution is 2.41. The number of oxazole rings is 1. The Balaban J connectivity index is 1.90. The average Bonchev–Trinajstić information content (AvgIpc) is 3.11. The Bertz CT molecular complexity index is 861. The van der Waals surface area contributed by atoms with Crippen LogP contribution in [0.4, 0.5) is 0 Å². The number of carbonyl (C=O) groups excluding carboxylic acids is 1. The van der Waals surface area contributed by atoms with E-state index in [1.807, 2.05) is 6.92 Å². The van der Waals surface area contributed by atoms with Crippen LogP contribution in [0.5, 0.6) is 0 Å². The van der Waals surface area contributed by atoms with E-state index in [-0.39, 0.29) is 16.5 Å². The molecule has 1 amide bonds. The van der Waals surface area contributed by atoms with Gasteiger partial charge in [-0.25, -0.2) is 18.1 Å². The lowest BCUT2D eigenvalue weighted by molar-refractivity contribution is 0.0975. The summed E-state index contributed by atoms with van der Waals surface area (Å²) in [5.74, 6) is -0.161. The number of nitrogens with zero attached hydrogens (tertiary/aromatic N) is 3. The van der Waals surface area contributed by atoms with Gasteiger partial charge in [-0.2, -0.15) is 5.10 Å².